The number of anilines is 5. The first-order valence-electron chi connectivity index (χ1n) is 8.28. The summed E-state index contributed by atoms with van der Waals surface area (Å²) in [6, 6.07) is 14.2. The standard InChI is InChI=1S/C19H20FN5O2/c1-26-9-10-27-16-7-5-14(6-8-16)23-18-17(20)12-22-19(25-18)24-15-4-2-3-13(21)11-15/h2-8,11-12H,9-10,21H2,1H3,(H2,22,23,24,25). The molecule has 8 heteroatoms. The number of hydrogen-bond acceptors (Lipinski definition) is 7. The van der Waals surface area contributed by atoms with E-state index in [0.29, 0.717) is 36.0 Å². The van der Waals surface area contributed by atoms with Gasteiger partial charge in [0.15, 0.2) is 11.6 Å². The number of ether oxygens (including phenoxy) is 2. The highest BCUT2D eigenvalue weighted by atomic mass is 19.1. The molecular weight excluding hydrogens is 349 g/mol. The lowest BCUT2D eigenvalue weighted by Crippen LogP contribution is -2.05. The van der Waals surface area contributed by atoms with Gasteiger partial charge in [-0.2, -0.15) is 4.98 Å². The first kappa shape index (κ1) is 18.4. The SMILES string of the molecule is COCCOc1ccc(Nc2nc(Nc3cccc(N)c3)ncc2F)cc1. The van der Waals surface area contributed by atoms with Gasteiger partial charge in [-0.1, -0.05) is 6.07 Å². The molecule has 0 aliphatic rings. The van der Waals surface area contributed by atoms with E-state index in [1.54, 1.807) is 49.6 Å². The second-order valence-corrected chi connectivity index (χ2v) is 5.63. The van der Waals surface area contributed by atoms with E-state index in [1.807, 2.05) is 6.07 Å². The summed E-state index contributed by atoms with van der Waals surface area (Å²) in [6.07, 6.45) is 1.10. The molecule has 0 saturated carbocycles. The predicted octanol–water partition coefficient (Wildman–Crippen LogP) is 3.71. The smallest absolute Gasteiger partial charge is 0.229 e. The third-order valence-electron chi connectivity index (χ3n) is 3.56. The number of rotatable bonds is 8. The molecule has 0 amide bonds. The molecule has 0 bridgehead atoms. The van der Waals surface area contributed by atoms with Gasteiger partial charge in [0.05, 0.1) is 12.8 Å². The van der Waals surface area contributed by atoms with Gasteiger partial charge in [0.1, 0.15) is 12.4 Å². The summed E-state index contributed by atoms with van der Waals surface area (Å²) in [7, 11) is 1.61. The number of nitrogens with one attached hydrogen (secondary N) is 2. The highest BCUT2D eigenvalue weighted by Gasteiger charge is 2.08. The molecule has 1 heterocycles. The molecule has 0 radical (unpaired) electrons. The van der Waals surface area contributed by atoms with Gasteiger partial charge in [-0.3, -0.25) is 0 Å². The minimum atomic E-state index is -0.562. The van der Waals surface area contributed by atoms with Crippen molar-refractivity contribution in [3.05, 3.63) is 60.5 Å². The van der Waals surface area contributed by atoms with Crippen LogP contribution in [0.15, 0.2) is 54.7 Å². The van der Waals surface area contributed by atoms with Crippen LogP contribution < -0.4 is 21.1 Å². The fraction of sp³-hybridized carbons (Fsp3) is 0.158. The van der Waals surface area contributed by atoms with Gasteiger partial charge < -0.3 is 25.8 Å². The van der Waals surface area contributed by atoms with Crippen molar-refractivity contribution in [2.75, 3.05) is 36.7 Å². The maximum Gasteiger partial charge on any atom is 0.229 e. The highest BCUT2D eigenvalue weighted by molar-refractivity contribution is 5.62. The zero-order valence-electron chi connectivity index (χ0n) is 14.8. The van der Waals surface area contributed by atoms with Crippen molar-refractivity contribution in [2.45, 2.75) is 0 Å². The first-order valence-corrected chi connectivity index (χ1v) is 8.28. The summed E-state index contributed by atoms with van der Waals surface area (Å²) in [5.74, 6) is 0.451. The van der Waals surface area contributed by atoms with Crippen molar-refractivity contribution in [1.29, 1.82) is 0 Å². The zero-order chi connectivity index (χ0) is 19.1. The Kier molecular flexibility index (Phi) is 6.01. The molecule has 0 aliphatic heterocycles. The molecule has 0 spiro atoms. The van der Waals surface area contributed by atoms with Crippen LogP contribution in [0.2, 0.25) is 0 Å². The molecule has 0 saturated heterocycles. The van der Waals surface area contributed by atoms with E-state index >= 15 is 0 Å². The molecule has 1 aromatic heterocycles. The molecule has 7 nitrogen and oxygen atoms in total. The zero-order valence-corrected chi connectivity index (χ0v) is 14.8. The Morgan fingerprint density at radius 1 is 1.04 bits per heavy atom. The lowest BCUT2D eigenvalue weighted by atomic mass is 10.3. The summed E-state index contributed by atoms with van der Waals surface area (Å²) in [6.45, 7) is 0.970. The Morgan fingerprint density at radius 3 is 2.59 bits per heavy atom. The molecule has 2 aromatic carbocycles. The molecule has 4 N–H and O–H groups in total. The van der Waals surface area contributed by atoms with Crippen molar-refractivity contribution in [3.63, 3.8) is 0 Å². The molecule has 3 rings (SSSR count). The number of halogens is 1. The Morgan fingerprint density at radius 2 is 1.85 bits per heavy atom. The van der Waals surface area contributed by atoms with E-state index in [4.69, 9.17) is 15.2 Å². The van der Waals surface area contributed by atoms with E-state index in [1.165, 1.54) is 0 Å². The normalized spacial score (nSPS) is 10.4. The number of nitrogens with two attached hydrogens (primary N) is 1. The van der Waals surface area contributed by atoms with Crippen LogP contribution in [-0.4, -0.2) is 30.3 Å². The van der Waals surface area contributed by atoms with Crippen LogP contribution >= 0.6 is 0 Å². The van der Waals surface area contributed by atoms with E-state index in [0.717, 1.165) is 6.20 Å². The molecule has 0 aliphatic carbocycles. The fourth-order valence-corrected chi connectivity index (χ4v) is 2.27. The van der Waals surface area contributed by atoms with Crippen LogP contribution in [0, 0.1) is 5.82 Å². The summed E-state index contributed by atoms with van der Waals surface area (Å²) < 4.78 is 24.5. The second kappa shape index (κ2) is 8.81. The van der Waals surface area contributed by atoms with Gasteiger partial charge in [-0.15, -0.1) is 0 Å². The van der Waals surface area contributed by atoms with Crippen molar-refractivity contribution in [1.82, 2.24) is 9.97 Å². The Hall–Kier alpha value is -3.39. The number of methoxy groups -OCH3 is 1. The number of aromatic nitrogens is 2. The summed E-state index contributed by atoms with van der Waals surface area (Å²) in [5, 5.41) is 5.93. The third kappa shape index (κ3) is 5.29. The van der Waals surface area contributed by atoms with Crippen LogP contribution in [0.1, 0.15) is 0 Å². The molecule has 0 unspecified atom stereocenters. The number of nitrogen functional groups attached to an aromatic ring is 1. The van der Waals surface area contributed by atoms with Gasteiger partial charge in [0.25, 0.3) is 0 Å². The first-order chi connectivity index (χ1) is 13.1. The Bertz CT molecular complexity index is 890. The van der Waals surface area contributed by atoms with Crippen molar-refractivity contribution >= 4 is 28.8 Å². The molecule has 3 aromatic rings. The highest BCUT2D eigenvalue weighted by Crippen LogP contribution is 2.23. The van der Waals surface area contributed by atoms with E-state index in [2.05, 4.69) is 20.6 Å². The largest absolute Gasteiger partial charge is 0.491 e. The fourth-order valence-electron chi connectivity index (χ4n) is 2.27. The second-order valence-electron chi connectivity index (χ2n) is 5.63. The van der Waals surface area contributed by atoms with Gasteiger partial charge in [-0.25, -0.2) is 9.37 Å². The number of benzene rings is 2. The van der Waals surface area contributed by atoms with E-state index in [-0.39, 0.29) is 11.8 Å². The third-order valence-corrected chi connectivity index (χ3v) is 3.56. The molecule has 27 heavy (non-hydrogen) atoms. The summed E-state index contributed by atoms with van der Waals surface area (Å²) >= 11 is 0. The van der Waals surface area contributed by atoms with E-state index < -0.39 is 5.82 Å². The van der Waals surface area contributed by atoms with Crippen LogP contribution in [0.25, 0.3) is 0 Å². The van der Waals surface area contributed by atoms with Crippen LogP contribution in [0.3, 0.4) is 0 Å². The van der Waals surface area contributed by atoms with Crippen molar-refractivity contribution < 1.29 is 13.9 Å². The lowest BCUT2D eigenvalue weighted by molar-refractivity contribution is 0.146. The Labute approximate surface area is 156 Å². The number of nitrogens with zero attached hydrogens (tertiary/aromatic N) is 2. The quantitative estimate of drug-likeness (QED) is 0.411. The van der Waals surface area contributed by atoms with Gasteiger partial charge in [-0.05, 0) is 42.5 Å². The molecule has 0 fully saturated rings. The molecule has 0 atom stereocenters. The summed E-state index contributed by atoms with van der Waals surface area (Å²) in [5.41, 5.74) is 7.73. The van der Waals surface area contributed by atoms with Gasteiger partial charge in [0.2, 0.25) is 5.95 Å². The predicted molar refractivity (Wildman–Crippen MR) is 103 cm³/mol. The number of hydrogen-bond donors (Lipinski definition) is 3. The average Bonchev–Trinajstić information content (AvgIpc) is 2.66. The van der Waals surface area contributed by atoms with Crippen molar-refractivity contribution in [2.24, 2.45) is 0 Å². The topological polar surface area (TPSA) is 94.3 Å². The van der Waals surface area contributed by atoms with Crippen LogP contribution in [0.5, 0.6) is 5.75 Å². The van der Waals surface area contributed by atoms with Gasteiger partial charge >= 0.3 is 0 Å². The van der Waals surface area contributed by atoms with Gasteiger partial charge in [0, 0.05) is 24.2 Å². The maximum absolute atomic E-state index is 14.1. The molecule has 140 valence electrons. The van der Waals surface area contributed by atoms with Crippen molar-refractivity contribution in [3.8, 4) is 5.75 Å². The maximum atomic E-state index is 14.1. The lowest BCUT2D eigenvalue weighted by Gasteiger charge is -2.11. The molecular formula is C19H20FN5O2. The van der Waals surface area contributed by atoms with E-state index in [9.17, 15) is 4.39 Å². The van der Waals surface area contributed by atoms with Crippen LogP contribution in [-0.2, 0) is 4.74 Å². The minimum absolute atomic E-state index is 0.0597. The summed E-state index contributed by atoms with van der Waals surface area (Å²) in [4.78, 5) is 8.13. The van der Waals surface area contributed by atoms with Crippen LogP contribution in [0.4, 0.5) is 33.2 Å². The monoisotopic (exact) mass is 369 g/mol. The average molecular weight is 369 g/mol. The minimum Gasteiger partial charge on any atom is -0.491 e. The Balaban J connectivity index is 1.69.